The molecule has 2 fully saturated rings. The van der Waals surface area contributed by atoms with E-state index >= 15 is 0 Å². The summed E-state index contributed by atoms with van der Waals surface area (Å²) >= 11 is 0. The second-order valence-corrected chi connectivity index (χ2v) is 7.24. The highest BCUT2D eigenvalue weighted by Crippen LogP contribution is 2.29. The molecule has 2 heterocycles. The van der Waals surface area contributed by atoms with Crippen molar-refractivity contribution >= 4 is 35.9 Å². The van der Waals surface area contributed by atoms with Gasteiger partial charge in [0.25, 0.3) is 0 Å². The molecule has 1 aliphatic heterocycles. The predicted molar refractivity (Wildman–Crippen MR) is 118 cm³/mol. The Morgan fingerprint density at radius 2 is 1.85 bits per heavy atom. The second kappa shape index (κ2) is 10.9. The number of rotatable bonds is 4. The van der Waals surface area contributed by atoms with Crippen molar-refractivity contribution in [3.8, 4) is 0 Å². The SMILES string of the molecule is CCNC(=NCC1CCCCC1C)N1CCN(c2ncccn2)CC1.I. The molecule has 26 heavy (non-hydrogen) atoms. The van der Waals surface area contributed by atoms with Crippen LogP contribution in [0.4, 0.5) is 5.95 Å². The van der Waals surface area contributed by atoms with E-state index in [-0.39, 0.29) is 24.0 Å². The molecule has 1 N–H and O–H groups in total. The van der Waals surface area contributed by atoms with Crippen LogP contribution in [0.15, 0.2) is 23.5 Å². The Morgan fingerprint density at radius 1 is 1.15 bits per heavy atom. The van der Waals surface area contributed by atoms with E-state index < -0.39 is 0 Å². The average molecular weight is 472 g/mol. The van der Waals surface area contributed by atoms with E-state index in [1.165, 1.54) is 25.7 Å². The maximum atomic E-state index is 4.99. The summed E-state index contributed by atoms with van der Waals surface area (Å²) in [5, 5.41) is 3.49. The number of nitrogens with zero attached hydrogens (tertiary/aromatic N) is 5. The van der Waals surface area contributed by atoms with Gasteiger partial charge in [0.05, 0.1) is 0 Å². The Balaban J connectivity index is 0.00000243. The Bertz CT molecular complexity index is 544. The highest BCUT2D eigenvalue weighted by atomic mass is 127. The Labute approximate surface area is 174 Å². The third-order valence-corrected chi connectivity index (χ3v) is 5.51. The molecule has 0 amide bonds. The summed E-state index contributed by atoms with van der Waals surface area (Å²) in [6.07, 6.45) is 9.09. The number of guanidine groups is 1. The van der Waals surface area contributed by atoms with Crippen LogP contribution >= 0.6 is 24.0 Å². The minimum Gasteiger partial charge on any atom is -0.357 e. The van der Waals surface area contributed by atoms with Gasteiger partial charge in [-0.15, -0.1) is 24.0 Å². The Hall–Kier alpha value is -1.12. The van der Waals surface area contributed by atoms with Crippen molar-refractivity contribution in [1.29, 1.82) is 0 Å². The first-order valence-corrected chi connectivity index (χ1v) is 9.83. The van der Waals surface area contributed by atoms with Crippen molar-refractivity contribution in [2.24, 2.45) is 16.8 Å². The van der Waals surface area contributed by atoms with Crippen LogP contribution in [-0.2, 0) is 0 Å². The number of halogens is 1. The number of hydrogen-bond donors (Lipinski definition) is 1. The zero-order valence-corrected chi connectivity index (χ0v) is 18.4. The second-order valence-electron chi connectivity index (χ2n) is 7.24. The summed E-state index contributed by atoms with van der Waals surface area (Å²) in [6.45, 7) is 10.2. The van der Waals surface area contributed by atoms with E-state index in [4.69, 9.17) is 4.99 Å². The molecule has 1 aromatic heterocycles. The van der Waals surface area contributed by atoms with Crippen LogP contribution in [0.3, 0.4) is 0 Å². The summed E-state index contributed by atoms with van der Waals surface area (Å²) in [5.41, 5.74) is 0. The smallest absolute Gasteiger partial charge is 0.225 e. The maximum Gasteiger partial charge on any atom is 0.225 e. The van der Waals surface area contributed by atoms with Gasteiger partial charge < -0.3 is 15.1 Å². The van der Waals surface area contributed by atoms with Crippen molar-refractivity contribution in [2.75, 3.05) is 44.2 Å². The Morgan fingerprint density at radius 3 is 2.50 bits per heavy atom. The van der Waals surface area contributed by atoms with Gasteiger partial charge in [-0.3, -0.25) is 4.99 Å². The molecule has 1 aromatic rings. The summed E-state index contributed by atoms with van der Waals surface area (Å²) in [4.78, 5) is 18.4. The molecule has 1 aliphatic carbocycles. The molecule has 2 aliphatic rings. The van der Waals surface area contributed by atoms with Gasteiger partial charge in [0.1, 0.15) is 0 Å². The van der Waals surface area contributed by atoms with Crippen LogP contribution in [0, 0.1) is 11.8 Å². The van der Waals surface area contributed by atoms with Crippen molar-refractivity contribution in [2.45, 2.75) is 39.5 Å². The van der Waals surface area contributed by atoms with E-state index in [9.17, 15) is 0 Å². The molecule has 1 saturated carbocycles. The molecule has 146 valence electrons. The lowest BCUT2D eigenvalue weighted by Crippen LogP contribution is -2.53. The fourth-order valence-electron chi connectivity index (χ4n) is 3.87. The lowest BCUT2D eigenvalue weighted by Gasteiger charge is -2.36. The van der Waals surface area contributed by atoms with Crippen molar-refractivity contribution in [3.05, 3.63) is 18.5 Å². The first-order valence-electron chi connectivity index (χ1n) is 9.83. The molecule has 0 bridgehead atoms. The van der Waals surface area contributed by atoms with Crippen LogP contribution in [0.5, 0.6) is 0 Å². The van der Waals surface area contributed by atoms with E-state index in [1.54, 1.807) is 0 Å². The number of anilines is 1. The van der Waals surface area contributed by atoms with Crippen molar-refractivity contribution in [1.82, 2.24) is 20.2 Å². The van der Waals surface area contributed by atoms with Gasteiger partial charge in [0.15, 0.2) is 5.96 Å². The van der Waals surface area contributed by atoms with Gasteiger partial charge in [-0.25, -0.2) is 9.97 Å². The quantitative estimate of drug-likeness (QED) is 0.415. The molecule has 7 heteroatoms. The standard InChI is InChI=1S/C19H32N6.HI/c1-3-20-18(23-15-17-8-5-4-7-16(17)2)24-11-13-25(14-12-24)19-21-9-6-10-22-19;/h6,9-10,16-17H,3-5,7-8,11-15H2,1-2H3,(H,20,23);1H. The van der Waals surface area contributed by atoms with E-state index in [2.05, 4.69) is 38.9 Å². The van der Waals surface area contributed by atoms with Gasteiger partial charge in [0.2, 0.25) is 5.95 Å². The average Bonchev–Trinajstić information content (AvgIpc) is 2.67. The number of piperazine rings is 1. The van der Waals surface area contributed by atoms with Crippen LogP contribution in [0.2, 0.25) is 0 Å². The minimum atomic E-state index is 0. The van der Waals surface area contributed by atoms with Gasteiger partial charge in [-0.1, -0.05) is 26.2 Å². The number of aliphatic imine (C=N–C) groups is 1. The summed E-state index contributed by atoms with van der Waals surface area (Å²) in [6, 6.07) is 1.86. The van der Waals surface area contributed by atoms with Crippen LogP contribution in [0.25, 0.3) is 0 Å². The zero-order chi connectivity index (χ0) is 17.5. The molecule has 0 radical (unpaired) electrons. The van der Waals surface area contributed by atoms with E-state index in [0.29, 0.717) is 0 Å². The molecule has 0 aromatic carbocycles. The summed E-state index contributed by atoms with van der Waals surface area (Å²) < 4.78 is 0. The van der Waals surface area contributed by atoms with Crippen molar-refractivity contribution < 1.29 is 0 Å². The van der Waals surface area contributed by atoms with E-state index in [1.807, 2.05) is 18.5 Å². The highest BCUT2D eigenvalue weighted by molar-refractivity contribution is 14.0. The molecule has 3 rings (SSSR count). The topological polar surface area (TPSA) is 56.7 Å². The van der Waals surface area contributed by atoms with Crippen LogP contribution < -0.4 is 10.2 Å². The Kier molecular flexibility index (Phi) is 8.87. The van der Waals surface area contributed by atoms with Gasteiger partial charge >= 0.3 is 0 Å². The maximum absolute atomic E-state index is 4.99. The number of aromatic nitrogens is 2. The zero-order valence-electron chi connectivity index (χ0n) is 16.1. The summed E-state index contributed by atoms with van der Waals surface area (Å²) in [5.74, 6) is 3.47. The van der Waals surface area contributed by atoms with Gasteiger partial charge in [-0.2, -0.15) is 0 Å². The lowest BCUT2D eigenvalue weighted by atomic mass is 9.80. The largest absolute Gasteiger partial charge is 0.357 e. The molecular formula is C19H33IN6. The number of hydrogen-bond acceptors (Lipinski definition) is 4. The first-order chi connectivity index (χ1) is 12.3. The molecule has 6 nitrogen and oxygen atoms in total. The third kappa shape index (κ3) is 5.69. The molecule has 0 spiro atoms. The van der Waals surface area contributed by atoms with Gasteiger partial charge in [0, 0.05) is 51.7 Å². The highest BCUT2D eigenvalue weighted by Gasteiger charge is 2.23. The monoisotopic (exact) mass is 472 g/mol. The van der Waals surface area contributed by atoms with E-state index in [0.717, 1.165) is 63.0 Å². The summed E-state index contributed by atoms with van der Waals surface area (Å²) in [7, 11) is 0. The molecule has 1 saturated heterocycles. The first kappa shape index (κ1) is 21.2. The van der Waals surface area contributed by atoms with Crippen LogP contribution in [0.1, 0.15) is 39.5 Å². The fourth-order valence-corrected chi connectivity index (χ4v) is 3.87. The number of nitrogens with one attached hydrogen (secondary N) is 1. The fraction of sp³-hybridized carbons (Fsp3) is 0.737. The van der Waals surface area contributed by atoms with Crippen LogP contribution in [-0.4, -0.2) is 60.1 Å². The molecule has 2 unspecified atom stereocenters. The van der Waals surface area contributed by atoms with Crippen molar-refractivity contribution in [3.63, 3.8) is 0 Å². The molecular weight excluding hydrogens is 439 g/mol. The predicted octanol–water partition coefficient (Wildman–Crippen LogP) is 3.01. The lowest BCUT2D eigenvalue weighted by molar-refractivity contribution is 0.262. The normalized spacial score (nSPS) is 24.2. The minimum absolute atomic E-state index is 0. The molecule has 2 atom stereocenters. The third-order valence-electron chi connectivity index (χ3n) is 5.51. The van der Waals surface area contributed by atoms with Gasteiger partial charge in [-0.05, 0) is 31.2 Å².